The smallest absolute Gasteiger partial charge is 0.0167 e. The zero-order valence-electron chi connectivity index (χ0n) is 10.9. The van der Waals surface area contributed by atoms with E-state index in [2.05, 4.69) is 19.2 Å². The highest BCUT2D eigenvalue weighted by molar-refractivity contribution is 4.92. The Labute approximate surface area is 100 Å². The molecule has 0 amide bonds. The minimum atomic E-state index is 0.346. The van der Waals surface area contributed by atoms with E-state index in [0.29, 0.717) is 6.04 Å². The fraction of sp³-hybridized carbons (Fsp3) is 1.00. The van der Waals surface area contributed by atoms with Crippen molar-refractivity contribution in [2.45, 2.75) is 52.0 Å². The zero-order chi connectivity index (χ0) is 11.5. The fourth-order valence-corrected chi connectivity index (χ4v) is 2.89. The number of nitrogens with one attached hydrogen (secondary N) is 1. The first-order valence-corrected chi connectivity index (χ1v) is 7.13. The molecule has 2 fully saturated rings. The Morgan fingerprint density at radius 3 is 2.06 bits per heavy atom. The van der Waals surface area contributed by atoms with Crippen LogP contribution < -0.4 is 11.1 Å². The van der Waals surface area contributed by atoms with E-state index < -0.39 is 0 Å². The molecule has 2 aliphatic carbocycles. The van der Waals surface area contributed by atoms with Crippen LogP contribution in [0.4, 0.5) is 0 Å². The van der Waals surface area contributed by atoms with Gasteiger partial charge in [0.05, 0.1) is 0 Å². The van der Waals surface area contributed by atoms with Crippen molar-refractivity contribution in [1.82, 2.24) is 5.32 Å². The van der Waals surface area contributed by atoms with Gasteiger partial charge in [-0.1, -0.05) is 13.8 Å². The van der Waals surface area contributed by atoms with Crippen LogP contribution in [-0.2, 0) is 0 Å². The highest BCUT2D eigenvalue weighted by atomic mass is 14.9. The highest BCUT2D eigenvalue weighted by Gasteiger charge is 2.40. The van der Waals surface area contributed by atoms with Crippen molar-refractivity contribution in [3.05, 3.63) is 0 Å². The fourth-order valence-electron chi connectivity index (χ4n) is 2.89. The lowest BCUT2D eigenvalue weighted by Crippen LogP contribution is -2.37. The van der Waals surface area contributed by atoms with Gasteiger partial charge in [0.25, 0.3) is 0 Å². The Morgan fingerprint density at radius 2 is 1.62 bits per heavy atom. The van der Waals surface area contributed by atoms with Crippen molar-refractivity contribution in [3.63, 3.8) is 0 Å². The molecule has 0 aromatic heterocycles. The number of rotatable bonds is 8. The van der Waals surface area contributed by atoms with Gasteiger partial charge in [-0.2, -0.15) is 0 Å². The predicted molar refractivity (Wildman–Crippen MR) is 69.2 cm³/mol. The summed E-state index contributed by atoms with van der Waals surface area (Å²) in [6.45, 7) is 6.73. The maximum absolute atomic E-state index is 6.08. The molecular weight excluding hydrogens is 196 g/mol. The molecule has 2 heteroatoms. The van der Waals surface area contributed by atoms with Crippen molar-refractivity contribution >= 4 is 0 Å². The normalized spacial score (nSPS) is 23.1. The summed E-state index contributed by atoms with van der Waals surface area (Å²) in [7, 11) is 0. The van der Waals surface area contributed by atoms with Gasteiger partial charge < -0.3 is 11.1 Å². The zero-order valence-corrected chi connectivity index (χ0v) is 10.9. The van der Waals surface area contributed by atoms with Crippen molar-refractivity contribution < 1.29 is 0 Å². The molecule has 0 bridgehead atoms. The first kappa shape index (κ1) is 12.4. The molecule has 2 nitrogen and oxygen atoms in total. The van der Waals surface area contributed by atoms with Crippen molar-refractivity contribution in [2.75, 3.05) is 13.1 Å². The third-order valence-corrected chi connectivity index (χ3v) is 4.02. The maximum atomic E-state index is 6.08. The van der Waals surface area contributed by atoms with Gasteiger partial charge in [-0.05, 0) is 62.3 Å². The molecule has 1 atom stereocenters. The summed E-state index contributed by atoms with van der Waals surface area (Å²) in [6.07, 6.45) is 7.09. The van der Waals surface area contributed by atoms with Crippen LogP contribution >= 0.6 is 0 Å². The van der Waals surface area contributed by atoms with Gasteiger partial charge >= 0.3 is 0 Å². The molecule has 1 unspecified atom stereocenters. The molecule has 3 N–H and O–H groups in total. The van der Waals surface area contributed by atoms with E-state index in [9.17, 15) is 0 Å². The number of nitrogens with two attached hydrogens (primary N) is 1. The topological polar surface area (TPSA) is 38.0 Å². The molecule has 2 rings (SSSR count). The number of hydrogen-bond donors (Lipinski definition) is 2. The molecule has 0 radical (unpaired) electrons. The molecule has 0 heterocycles. The first-order chi connectivity index (χ1) is 7.66. The van der Waals surface area contributed by atoms with Gasteiger partial charge in [0.2, 0.25) is 0 Å². The molecule has 0 saturated heterocycles. The lowest BCUT2D eigenvalue weighted by molar-refractivity contribution is 0.365. The molecule has 94 valence electrons. The third kappa shape index (κ3) is 4.06. The second-order valence-corrected chi connectivity index (χ2v) is 6.39. The maximum Gasteiger partial charge on any atom is 0.0167 e. The van der Waals surface area contributed by atoms with Gasteiger partial charge in [0, 0.05) is 12.6 Å². The molecule has 2 saturated carbocycles. The minimum absolute atomic E-state index is 0.346. The molecule has 0 aromatic carbocycles. The minimum Gasteiger partial charge on any atom is -0.327 e. The predicted octanol–water partition coefficient (Wildman–Crippen LogP) is 2.39. The van der Waals surface area contributed by atoms with Crippen molar-refractivity contribution in [1.29, 1.82) is 0 Å². The molecule has 0 aromatic rings. The summed E-state index contributed by atoms with van der Waals surface area (Å²) in [4.78, 5) is 0. The number of hydrogen-bond acceptors (Lipinski definition) is 2. The summed E-state index contributed by atoms with van der Waals surface area (Å²) in [5.74, 6) is 3.81. The van der Waals surface area contributed by atoms with Crippen LogP contribution in [0.3, 0.4) is 0 Å². The van der Waals surface area contributed by atoms with Crippen molar-refractivity contribution in [3.8, 4) is 0 Å². The van der Waals surface area contributed by atoms with E-state index >= 15 is 0 Å². The van der Waals surface area contributed by atoms with Gasteiger partial charge in [-0.15, -0.1) is 0 Å². The van der Waals surface area contributed by atoms with Crippen LogP contribution in [0.2, 0.25) is 0 Å². The Kier molecular flexibility index (Phi) is 4.26. The molecule has 2 aliphatic rings. The van der Waals surface area contributed by atoms with E-state index in [4.69, 9.17) is 5.73 Å². The van der Waals surface area contributed by atoms with Crippen LogP contribution in [0.25, 0.3) is 0 Å². The first-order valence-electron chi connectivity index (χ1n) is 7.13. The van der Waals surface area contributed by atoms with Crippen LogP contribution in [0.1, 0.15) is 46.0 Å². The largest absolute Gasteiger partial charge is 0.327 e. The SMILES string of the molecule is CC(C)CC(N)CNCC(C1CC1)C1CC1. The Balaban J connectivity index is 1.58. The van der Waals surface area contributed by atoms with Gasteiger partial charge in [0.15, 0.2) is 0 Å². The van der Waals surface area contributed by atoms with Gasteiger partial charge in [0.1, 0.15) is 0 Å². The molecule has 16 heavy (non-hydrogen) atoms. The lowest BCUT2D eigenvalue weighted by atomic mass is 9.97. The van der Waals surface area contributed by atoms with Crippen LogP contribution in [0.5, 0.6) is 0 Å². The Bertz CT molecular complexity index is 195. The lowest BCUT2D eigenvalue weighted by Gasteiger charge is -2.19. The second kappa shape index (κ2) is 5.50. The third-order valence-electron chi connectivity index (χ3n) is 4.02. The second-order valence-electron chi connectivity index (χ2n) is 6.39. The van der Waals surface area contributed by atoms with E-state index in [1.165, 1.54) is 32.2 Å². The van der Waals surface area contributed by atoms with E-state index in [1.807, 2.05) is 0 Å². The van der Waals surface area contributed by atoms with Crippen molar-refractivity contribution in [2.24, 2.45) is 29.4 Å². The molecular formula is C14H28N2. The summed E-state index contributed by atoms with van der Waals surface area (Å²) in [5.41, 5.74) is 6.08. The van der Waals surface area contributed by atoms with E-state index in [1.54, 1.807) is 0 Å². The summed E-state index contributed by atoms with van der Waals surface area (Å²) in [5, 5.41) is 3.61. The van der Waals surface area contributed by atoms with E-state index in [0.717, 1.165) is 36.6 Å². The molecule has 0 aliphatic heterocycles. The average Bonchev–Trinajstić information content (AvgIpc) is 3.02. The monoisotopic (exact) mass is 224 g/mol. The molecule has 0 spiro atoms. The van der Waals surface area contributed by atoms with E-state index in [-0.39, 0.29) is 0 Å². The van der Waals surface area contributed by atoms with Gasteiger partial charge in [-0.3, -0.25) is 0 Å². The summed E-state index contributed by atoms with van der Waals surface area (Å²) in [6, 6.07) is 0.346. The summed E-state index contributed by atoms with van der Waals surface area (Å²) < 4.78 is 0. The Morgan fingerprint density at radius 1 is 1.06 bits per heavy atom. The van der Waals surface area contributed by atoms with Crippen LogP contribution in [0, 0.1) is 23.7 Å². The van der Waals surface area contributed by atoms with Gasteiger partial charge in [-0.25, -0.2) is 0 Å². The average molecular weight is 224 g/mol. The van der Waals surface area contributed by atoms with Crippen LogP contribution in [-0.4, -0.2) is 19.1 Å². The summed E-state index contributed by atoms with van der Waals surface area (Å²) >= 11 is 0. The Hall–Kier alpha value is -0.0800. The standard InChI is InChI=1S/C14H28N2/c1-10(2)7-13(15)8-16-9-14(11-3-4-11)12-5-6-12/h10-14,16H,3-9,15H2,1-2H3. The quantitative estimate of drug-likeness (QED) is 0.664. The highest BCUT2D eigenvalue weighted by Crippen LogP contribution is 2.48. The van der Waals surface area contributed by atoms with Crippen LogP contribution in [0.15, 0.2) is 0 Å².